The Balaban J connectivity index is 2.29. The minimum atomic E-state index is -0.559. The number of benzene rings is 2. The Morgan fingerprint density at radius 3 is 2.52 bits per heavy atom. The molecule has 0 atom stereocenters. The van der Waals surface area contributed by atoms with Gasteiger partial charge in [-0.3, -0.25) is 4.79 Å². The summed E-state index contributed by atoms with van der Waals surface area (Å²) in [6, 6.07) is 10.2. The van der Waals surface area contributed by atoms with Crippen molar-refractivity contribution in [2.75, 3.05) is 19.0 Å². The number of phenols is 1. The van der Waals surface area contributed by atoms with Gasteiger partial charge in [0.25, 0.3) is 5.91 Å². The number of hydrogen-bond acceptors (Lipinski definition) is 5. The number of carbonyl (C=O) groups is 1. The lowest BCUT2D eigenvalue weighted by Crippen LogP contribution is -2.13. The van der Waals surface area contributed by atoms with Gasteiger partial charge in [0.05, 0.1) is 18.2 Å². The molecule has 0 radical (unpaired) electrons. The molecule has 0 fully saturated rings. The van der Waals surface area contributed by atoms with Crippen LogP contribution in [0.1, 0.15) is 12.5 Å². The Kier molecular flexibility index (Phi) is 7.28. The number of nitrogens with zero attached hydrogens (tertiary/aromatic N) is 1. The zero-order chi connectivity index (χ0) is 20.0. The van der Waals surface area contributed by atoms with Gasteiger partial charge in [-0.2, -0.15) is 5.26 Å². The standard InChI is InChI=1S/C19H16Br2N2O4/c1-3-27-14-6-4-13(5-7-14)23-19(25)12(10-22)8-11-9-15(26-2)18(24)17(21)16(11)20/h4-9,24H,3H2,1-2H3,(H,23,25)/b12-8+. The van der Waals surface area contributed by atoms with Gasteiger partial charge >= 0.3 is 0 Å². The van der Waals surface area contributed by atoms with Crippen molar-refractivity contribution in [2.24, 2.45) is 0 Å². The zero-order valence-corrected chi connectivity index (χ0v) is 17.7. The van der Waals surface area contributed by atoms with E-state index in [0.717, 1.165) is 0 Å². The molecular formula is C19H16Br2N2O4. The van der Waals surface area contributed by atoms with Gasteiger partial charge in [0.1, 0.15) is 17.4 Å². The molecule has 6 nitrogen and oxygen atoms in total. The normalized spacial score (nSPS) is 10.9. The second-order valence-corrected chi connectivity index (χ2v) is 6.81. The predicted molar refractivity (Wildman–Crippen MR) is 110 cm³/mol. The monoisotopic (exact) mass is 494 g/mol. The Morgan fingerprint density at radius 2 is 1.96 bits per heavy atom. The van der Waals surface area contributed by atoms with Gasteiger partial charge in [-0.05, 0) is 80.8 Å². The van der Waals surface area contributed by atoms with Crippen molar-refractivity contribution in [3.05, 3.63) is 50.4 Å². The fraction of sp³-hybridized carbons (Fsp3) is 0.158. The fourth-order valence-corrected chi connectivity index (χ4v) is 3.02. The lowest BCUT2D eigenvalue weighted by atomic mass is 10.1. The van der Waals surface area contributed by atoms with Crippen LogP contribution in [-0.4, -0.2) is 24.7 Å². The van der Waals surface area contributed by atoms with Crippen LogP contribution >= 0.6 is 31.9 Å². The van der Waals surface area contributed by atoms with Gasteiger partial charge in [-0.15, -0.1) is 0 Å². The third-order valence-electron chi connectivity index (χ3n) is 3.48. The molecule has 2 N–H and O–H groups in total. The Bertz CT molecular complexity index is 919. The van der Waals surface area contributed by atoms with E-state index in [1.54, 1.807) is 24.3 Å². The molecule has 27 heavy (non-hydrogen) atoms. The van der Waals surface area contributed by atoms with Crippen LogP contribution in [0.2, 0.25) is 0 Å². The van der Waals surface area contributed by atoms with E-state index in [1.807, 2.05) is 13.0 Å². The maximum atomic E-state index is 12.4. The third kappa shape index (κ3) is 5.02. The molecular weight excluding hydrogens is 480 g/mol. The van der Waals surface area contributed by atoms with E-state index in [1.165, 1.54) is 19.3 Å². The number of carbonyl (C=O) groups excluding carboxylic acids is 1. The highest BCUT2D eigenvalue weighted by molar-refractivity contribution is 9.13. The number of aromatic hydroxyl groups is 1. The summed E-state index contributed by atoms with van der Waals surface area (Å²) in [5, 5.41) is 22.0. The molecule has 2 aromatic carbocycles. The van der Waals surface area contributed by atoms with Gasteiger partial charge in [0, 0.05) is 10.2 Å². The molecule has 8 heteroatoms. The summed E-state index contributed by atoms with van der Waals surface area (Å²) < 4.78 is 11.3. The summed E-state index contributed by atoms with van der Waals surface area (Å²) >= 11 is 6.57. The van der Waals surface area contributed by atoms with E-state index in [2.05, 4.69) is 37.2 Å². The molecule has 0 aliphatic rings. The Morgan fingerprint density at radius 1 is 1.30 bits per heavy atom. The number of nitrogens with one attached hydrogen (secondary N) is 1. The van der Waals surface area contributed by atoms with Gasteiger partial charge in [-0.25, -0.2) is 0 Å². The summed E-state index contributed by atoms with van der Waals surface area (Å²) in [6.07, 6.45) is 1.40. The topological polar surface area (TPSA) is 91.6 Å². The highest BCUT2D eigenvalue weighted by Crippen LogP contribution is 2.42. The quantitative estimate of drug-likeness (QED) is 0.440. The molecule has 0 aliphatic heterocycles. The number of methoxy groups -OCH3 is 1. The average Bonchev–Trinajstić information content (AvgIpc) is 2.67. The first-order chi connectivity index (χ1) is 12.9. The number of anilines is 1. The van der Waals surface area contributed by atoms with Crippen LogP contribution in [0.15, 0.2) is 44.9 Å². The van der Waals surface area contributed by atoms with Crippen LogP contribution in [0.4, 0.5) is 5.69 Å². The highest BCUT2D eigenvalue weighted by atomic mass is 79.9. The van der Waals surface area contributed by atoms with Crippen molar-refractivity contribution in [3.63, 3.8) is 0 Å². The summed E-state index contributed by atoms with van der Waals surface area (Å²) in [6.45, 7) is 2.43. The van der Waals surface area contributed by atoms with Crippen LogP contribution < -0.4 is 14.8 Å². The summed E-state index contributed by atoms with van der Waals surface area (Å²) in [4.78, 5) is 12.4. The zero-order valence-electron chi connectivity index (χ0n) is 14.5. The first-order valence-electron chi connectivity index (χ1n) is 7.82. The molecule has 0 spiro atoms. The second-order valence-electron chi connectivity index (χ2n) is 5.23. The molecule has 0 aliphatic carbocycles. The van der Waals surface area contributed by atoms with E-state index >= 15 is 0 Å². The number of amides is 1. The van der Waals surface area contributed by atoms with Gasteiger partial charge in [0.2, 0.25) is 0 Å². The summed E-state index contributed by atoms with van der Waals surface area (Å²) in [5.74, 6) is 0.257. The summed E-state index contributed by atoms with van der Waals surface area (Å²) in [5.41, 5.74) is 0.923. The van der Waals surface area contributed by atoms with Crippen molar-refractivity contribution >= 4 is 49.5 Å². The van der Waals surface area contributed by atoms with E-state index in [0.29, 0.717) is 32.6 Å². The molecule has 2 aromatic rings. The molecule has 0 saturated carbocycles. The number of phenolic OH excluding ortho intramolecular Hbond substituents is 1. The van der Waals surface area contributed by atoms with Crippen molar-refractivity contribution in [3.8, 4) is 23.3 Å². The highest BCUT2D eigenvalue weighted by Gasteiger charge is 2.16. The minimum Gasteiger partial charge on any atom is -0.503 e. The van der Waals surface area contributed by atoms with Crippen molar-refractivity contribution in [2.45, 2.75) is 6.92 Å². The maximum absolute atomic E-state index is 12.4. The lowest BCUT2D eigenvalue weighted by Gasteiger charge is -2.10. The van der Waals surface area contributed by atoms with Gasteiger partial charge in [0.15, 0.2) is 11.5 Å². The molecule has 0 heterocycles. The number of halogens is 2. The maximum Gasteiger partial charge on any atom is 0.266 e. The van der Waals surface area contributed by atoms with Crippen LogP contribution in [-0.2, 0) is 4.79 Å². The SMILES string of the molecule is CCOc1ccc(NC(=O)/C(C#N)=C/c2cc(OC)c(O)c(Br)c2Br)cc1. The first-order valence-corrected chi connectivity index (χ1v) is 9.40. The summed E-state index contributed by atoms with van der Waals surface area (Å²) in [7, 11) is 1.41. The average molecular weight is 496 g/mol. The molecule has 1 amide bonds. The smallest absolute Gasteiger partial charge is 0.266 e. The van der Waals surface area contributed by atoms with Gasteiger partial charge in [-0.1, -0.05) is 0 Å². The molecule has 0 aromatic heterocycles. The Hall–Kier alpha value is -2.50. The minimum absolute atomic E-state index is 0.0844. The third-order valence-corrected chi connectivity index (χ3v) is 5.64. The van der Waals surface area contributed by atoms with Crippen LogP contribution in [0.25, 0.3) is 6.08 Å². The molecule has 0 unspecified atom stereocenters. The first kappa shape index (κ1) is 20.8. The van der Waals surface area contributed by atoms with Crippen molar-refractivity contribution in [1.82, 2.24) is 0 Å². The molecule has 140 valence electrons. The Labute approximate surface area is 173 Å². The fourth-order valence-electron chi connectivity index (χ4n) is 2.18. The van der Waals surface area contributed by atoms with E-state index in [4.69, 9.17) is 9.47 Å². The van der Waals surface area contributed by atoms with Crippen LogP contribution in [0, 0.1) is 11.3 Å². The number of rotatable bonds is 6. The second kappa shape index (κ2) is 9.44. The van der Waals surface area contributed by atoms with Gasteiger partial charge < -0.3 is 19.9 Å². The number of nitriles is 1. The number of hydrogen-bond donors (Lipinski definition) is 2. The van der Waals surface area contributed by atoms with E-state index in [9.17, 15) is 15.2 Å². The van der Waals surface area contributed by atoms with Crippen LogP contribution in [0.3, 0.4) is 0 Å². The molecule has 0 saturated heterocycles. The van der Waals surface area contributed by atoms with E-state index in [-0.39, 0.29) is 17.1 Å². The number of ether oxygens (including phenoxy) is 2. The largest absolute Gasteiger partial charge is 0.503 e. The predicted octanol–water partition coefficient (Wildman–Crippen LogP) is 4.87. The van der Waals surface area contributed by atoms with E-state index < -0.39 is 5.91 Å². The molecule has 0 bridgehead atoms. The lowest BCUT2D eigenvalue weighted by molar-refractivity contribution is -0.112. The molecule has 2 rings (SSSR count). The van der Waals surface area contributed by atoms with Crippen molar-refractivity contribution in [1.29, 1.82) is 5.26 Å². The van der Waals surface area contributed by atoms with Crippen LogP contribution in [0.5, 0.6) is 17.2 Å². The van der Waals surface area contributed by atoms with Crippen molar-refractivity contribution < 1.29 is 19.4 Å².